The number of benzene rings is 1. The first kappa shape index (κ1) is 21.9. The molecule has 0 atom stereocenters. The van der Waals surface area contributed by atoms with Crippen LogP contribution in [0.4, 0.5) is 5.82 Å². The van der Waals surface area contributed by atoms with Crippen molar-refractivity contribution in [1.29, 1.82) is 0 Å². The third-order valence-corrected chi connectivity index (χ3v) is 5.70. The molecule has 0 aliphatic rings. The smallest absolute Gasteiger partial charge is 0.251 e. The van der Waals surface area contributed by atoms with Crippen molar-refractivity contribution in [3.63, 3.8) is 0 Å². The van der Waals surface area contributed by atoms with Gasteiger partial charge in [0.2, 0.25) is 5.91 Å². The third-order valence-electron chi connectivity index (χ3n) is 5.17. The van der Waals surface area contributed by atoms with E-state index < -0.39 is 0 Å². The number of aryl methyl sites for hydroxylation is 3. The molecular weight excluding hydrogens is 470 g/mol. The van der Waals surface area contributed by atoms with Gasteiger partial charge in [0.15, 0.2) is 0 Å². The Labute approximate surface area is 194 Å². The van der Waals surface area contributed by atoms with E-state index in [1.165, 1.54) is 0 Å². The van der Waals surface area contributed by atoms with Gasteiger partial charge in [0.25, 0.3) is 5.95 Å². The molecule has 4 rings (SSSR count). The van der Waals surface area contributed by atoms with Crippen molar-refractivity contribution in [1.82, 2.24) is 29.5 Å². The van der Waals surface area contributed by atoms with Crippen molar-refractivity contribution in [2.75, 3.05) is 5.32 Å². The number of halogens is 1. The van der Waals surface area contributed by atoms with Crippen molar-refractivity contribution in [2.45, 2.75) is 40.7 Å². The van der Waals surface area contributed by atoms with Gasteiger partial charge in [-0.15, -0.1) is 0 Å². The van der Waals surface area contributed by atoms with E-state index in [4.69, 9.17) is 0 Å². The Bertz CT molecular complexity index is 1250. The summed E-state index contributed by atoms with van der Waals surface area (Å²) < 4.78 is 4.50. The van der Waals surface area contributed by atoms with Crippen LogP contribution in [0.2, 0.25) is 0 Å². The average molecular weight is 494 g/mol. The summed E-state index contributed by atoms with van der Waals surface area (Å²) >= 11 is 3.44. The first-order valence-electron chi connectivity index (χ1n) is 10.2. The Morgan fingerprint density at radius 3 is 2.41 bits per heavy atom. The number of aromatic nitrogens is 6. The van der Waals surface area contributed by atoms with Crippen LogP contribution in [0, 0.1) is 27.7 Å². The molecule has 0 radical (unpaired) electrons. The van der Waals surface area contributed by atoms with Gasteiger partial charge in [0.1, 0.15) is 5.82 Å². The van der Waals surface area contributed by atoms with E-state index in [9.17, 15) is 4.79 Å². The van der Waals surface area contributed by atoms with Gasteiger partial charge in [0.05, 0.1) is 24.9 Å². The van der Waals surface area contributed by atoms with Gasteiger partial charge in [-0.25, -0.2) is 19.3 Å². The average Bonchev–Trinajstić information content (AvgIpc) is 3.28. The highest BCUT2D eigenvalue weighted by atomic mass is 79.9. The minimum atomic E-state index is -0.130. The molecule has 3 aromatic heterocycles. The summed E-state index contributed by atoms with van der Waals surface area (Å²) in [7, 11) is 0. The number of hydrogen-bond acceptors (Lipinski definition) is 5. The number of nitrogens with zero attached hydrogens (tertiary/aromatic N) is 6. The zero-order valence-corrected chi connectivity index (χ0v) is 20.0. The van der Waals surface area contributed by atoms with Crippen molar-refractivity contribution < 1.29 is 4.79 Å². The molecule has 1 amide bonds. The first-order chi connectivity index (χ1) is 15.3. The van der Waals surface area contributed by atoms with E-state index in [2.05, 4.69) is 41.4 Å². The molecule has 4 aromatic rings. The fraction of sp³-hybridized carbons (Fsp3) is 0.261. The maximum Gasteiger partial charge on any atom is 0.251 e. The Hall–Kier alpha value is -3.33. The van der Waals surface area contributed by atoms with E-state index in [1.54, 1.807) is 21.6 Å². The summed E-state index contributed by atoms with van der Waals surface area (Å²) in [6.45, 7) is 8.25. The number of hydrogen-bond donors (Lipinski definition) is 1. The van der Waals surface area contributed by atoms with E-state index in [1.807, 2.05) is 58.0 Å². The van der Waals surface area contributed by atoms with Gasteiger partial charge in [-0.3, -0.25) is 4.79 Å². The van der Waals surface area contributed by atoms with Gasteiger partial charge < -0.3 is 5.32 Å². The van der Waals surface area contributed by atoms with E-state index in [0.29, 0.717) is 18.3 Å². The SMILES string of the molecule is Cc1cc(C)nc(-n2nc(C)c(CC(=O)Nc3ccnn3Cc3ccc(Br)cc3)c2C)n1. The zero-order valence-electron chi connectivity index (χ0n) is 18.4. The Balaban J connectivity index is 1.50. The Morgan fingerprint density at radius 2 is 1.72 bits per heavy atom. The minimum Gasteiger partial charge on any atom is -0.311 e. The molecule has 0 aliphatic carbocycles. The summed E-state index contributed by atoms with van der Waals surface area (Å²) in [5.74, 6) is 1.04. The second kappa shape index (κ2) is 9.04. The lowest BCUT2D eigenvalue weighted by Gasteiger charge is -2.10. The fourth-order valence-corrected chi connectivity index (χ4v) is 3.87. The molecule has 3 heterocycles. The van der Waals surface area contributed by atoms with Gasteiger partial charge in [-0.2, -0.15) is 10.2 Å². The molecule has 0 fully saturated rings. The summed E-state index contributed by atoms with van der Waals surface area (Å²) in [6.07, 6.45) is 1.88. The lowest BCUT2D eigenvalue weighted by atomic mass is 10.1. The Kier molecular flexibility index (Phi) is 6.18. The molecule has 0 saturated heterocycles. The Morgan fingerprint density at radius 1 is 1.03 bits per heavy atom. The van der Waals surface area contributed by atoms with E-state index in [-0.39, 0.29) is 12.3 Å². The minimum absolute atomic E-state index is 0.130. The fourth-order valence-electron chi connectivity index (χ4n) is 3.60. The monoisotopic (exact) mass is 493 g/mol. The predicted molar refractivity (Wildman–Crippen MR) is 126 cm³/mol. The highest BCUT2D eigenvalue weighted by Crippen LogP contribution is 2.19. The van der Waals surface area contributed by atoms with Gasteiger partial charge >= 0.3 is 0 Å². The van der Waals surface area contributed by atoms with Crippen molar-refractivity contribution in [2.24, 2.45) is 0 Å². The first-order valence-corrected chi connectivity index (χ1v) is 11.0. The molecule has 1 aromatic carbocycles. The second-order valence-corrected chi connectivity index (χ2v) is 8.65. The standard InChI is InChI=1S/C23H24BrN7O/c1-14-11-15(2)27-23(26-14)31-17(4)20(16(3)29-31)12-22(32)28-21-9-10-25-30(21)13-18-5-7-19(24)8-6-18/h5-11H,12-13H2,1-4H3,(H,28,32). The number of carbonyl (C=O) groups is 1. The lowest BCUT2D eigenvalue weighted by Crippen LogP contribution is -2.18. The summed E-state index contributed by atoms with van der Waals surface area (Å²) in [5, 5.41) is 11.9. The van der Waals surface area contributed by atoms with Gasteiger partial charge in [-0.05, 0) is 51.5 Å². The zero-order chi connectivity index (χ0) is 22.8. The van der Waals surface area contributed by atoms with Crippen LogP contribution in [-0.4, -0.2) is 35.4 Å². The molecule has 1 N–H and O–H groups in total. The largest absolute Gasteiger partial charge is 0.311 e. The number of anilines is 1. The highest BCUT2D eigenvalue weighted by molar-refractivity contribution is 9.10. The van der Waals surface area contributed by atoms with Crippen LogP contribution in [0.5, 0.6) is 0 Å². The maximum absolute atomic E-state index is 12.9. The third kappa shape index (κ3) is 4.77. The number of carbonyl (C=O) groups excluding carboxylic acids is 1. The molecule has 0 saturated carbocycles. The number of amides is 1. The molecule has 164 valence electrons. The predicted octanol–water partition coefficient (Wildman–Crippen LogP) is 4.08. The summed E-state index contributed by atoms with van der Waals surface area (Å²) in [6, 6.07) is 11.7. The quantitative estimate of drug-likeness (QED) is 0.436. The summed E-state index contributed by atoms with van der Waals surface area (Å²) in [5.41, 5.74) is 5.34. The van der Waals surface area contributed by atoms with Crippen LogP contribution < -0.4 is 5.32 Å². The molecular formula is C23H24BrN7O. The molecule has 0 bridgehead atoms. The van der Waals surface area contributed by atoms with Crippen LogP contribution in [0.15, 0.2) is 47.1 Å². The van der Waals surface area contributed by atoms with E-state index >= 15 is 0 Å². The molecule has 32 heavy (non-hydrogen) atoms. The maximum atomic E-state index is 12.9. The van der Waals surface area contributed by atoms with Gasteiger partial charge in [-0.1, -0.05) is 28.1 Å². The van der Waals surface area contributed by atoms with Crippen molar-refractivity contribution >= 4 is 27.7 Å². The topological polar surface area (TPSA) is 90.5 Å². The van der Waals surface area contributed by atoms with Crippen LogP contribution in [0.3, 0.4) is 0 Å². The second-order valence-electron chi connectivity index (χ2n) is 7.74. The molecule has 9 heteroatoms. The highest BCUT2D eigenvalue weighted by Gasteiger charge is 2.18. The number of rotatable bonds is 6. The van der Waals surface area contributed by atoms with Crippen LogP contribution >= 0.6 is 15.9 Å². The van der Waals surface area contributed by atoms with Crippen LogP contribution in [0.25, 0.3) is 5.95 Å². The summed E-state index contributed by atoms with van der Waals surface area (Å²) in [4.78, 5) is 21.8. The van der Waals surface area contributed by atoms with Gasteiger partial charge in [0, 0.05) is 33.2 Å². The normalized spacial score (nSPS) is 11.0. The number of nitrogens with one attached hydrogen (secondary N) is 1. The van der Waals surface area contributed by atoms with Crippen LogP contribution in [-0.2, 0) is 17.8 Å². The lowest BCUT2D eigenvalue weighted by molar-refractivity contribution is -0.115. The molecule has 0 spiro atoms. The van der Waals surface area contributed by atoms with E-state index in [0.717, 1.165) is 38.4 Å². The van der Waals surface area contributed by atoms with Crippen molar-refractivity contribution in [3.05, 3.63) is 81.0 Å². The molecule has 0 unspecified atom stereocenters. The van der Waals surface area contributed by atoms with Crippen molar-refractivity contribution in [3.8, 4) is 5.95 Å². The molecule has 8 nitrogen and oxygen atoms in total. The van der Waals surface area contributed by atoms with Crippen LogP contribution in [0.1, 0.15) is 33.9 Å². The molecule has 0 aliphatic heterocycles.